The minimum absolute atomic E-state index is 0.00576. The highest BCUT2D eigenvalue weighted by molar-refractivity contribution is 5.90. The second-order valence-corrected chi connectivity index (χ2v) is 7.25. The number of benzene rings is 1. The number of fused-ring (bicyclic) bond motifs is 1. The summed E-state index contributed by atoms with van der Waals surface area (Å²) in [5.41, 5.74) is 2.84. The summed E-state index contributed by atoms with van der Waals surface area (Å²) in [5, 5.41) is 2.95. The maximum Gasteiger partial charge on any atom is 0.414 e. The molecule has 8 heteroatoms. The molecule has 4 rings (SSSR count). The van der Waals surface area contributed by atoms with E-state index in [0.717, 1.165) is 30.1 Å². The Morgan fingerprint density at radius 1 is 1.46 bits per heavy atom. The van der Waals surface area contributed by atoms with Crippen molar-refractivity contribution in [1.82, 2.24) is 15.3 Å². The van der Waals surface area contributed by atoms with Crippen molar-refractivity contribution >= 4 is 17.7 Å². The van der Waals surface area contributed by atoms with E-state index in [1.165, 1.54) is 0 Å². The molecule has 0 bridgehead atoms. The number of carbonyl (C=O) groups is 2. The van der Waals surface area contributed by atoms with Gasteiger partial charge in [-0.25, -0.2) is 9.78 Å². The monoisotopic (exact) mass is 384 g/mol. The quantitative estimate of drug-likeness (QED) is 0.822. The molecule has 1 aromatic carbocycles. The zero-order chi connectivity index (χ0) is 19.7. The molecule has 1 saturated heterocycles. The lowest BCUT2D eigenvalue weighted by molar-refractivity contribution is -0.125. The fourth-order valence-corrected chi connectivity index (χ4v) is 3.82. The number of H-pyrrole nitrogens is 1. The second-order valence-electron chi connectivity index (χ2n) is 7.25. The van der Waals surface area contributed by atoms with Gasteiger partial charge in [0.25, 0.3) is 0 Å². The molecule has 1 aliphatic heterocycles. The number of nitrogens with one attached hydrogen (secondary N) is 2. The van der Waals surface area contributed by atoms with Gasteiger partial charge in [0.05, 0.1) is 31.6 Å². The van der Waals surface area contributed by atoms with Gasteiger partial charge in [0, 0.05) is 24.1 Å². The summed E-state index contributed by atoms with van der Waals surface area (Å²) in [6, 6.07) is 7.26. The summed E-state index contributed by atoms with van der Waals surface area (Å²) >= 11 is 0. The Bertz CT molecular complexity index is 894. The minimum atomic E-state index is -0.414. The number of anilines is 1. The summed E-state index contributed by atoms with van der Waals surface area (Å²) in [4.78, 5) is 34.0. The predicted molar refractivity (Wildman–Crippen MR) is 102 cm³/mol. The molecule has 1 aromatic heterocycles. The van der Waals surface area contributed by atoms with Crippen LogP contribution in [0.2, 0.25) is 0 Å². The van der Waals surface area contributed by atoms with E-state index < -0.39 is 6.09 Å². The molecular formula is C20H24N4O4. The van der Waals surface area contributed by atoms with Crippen LogP contribution in [0.3, 0.4) is 0 Å². The molecule has 0 spiro atoms. The molecule has 28 heavy (non-hydrogen) atoms. The van der Waals surface area contributed by atoms with Crippen molar-refractivity contribution in [1.29, 1.82) is 0 Å². The van der Waals surface area contributed by atoms with E-state index in [1.807, 2.05) is 25.1 Å². The van der Waals surface area contributed by atoms with E-state index in [-0.39, 0.29) is 17.9 Å². The van der Waals surface area contributed by atoms with E-state index in [1.54, 1.807) is 18.1 Å². The fourth-order valence-electron chi connectivity index (χ4n) is 3.82. The Balaban J connectivity index is 1.32. The number of aromatic amines is 1. The average molecular weight is 384 g/mol. The standard InChI is InChI=1S/C20H24N4O4/c1-12-22-17-7-6-13(8-18(17)23-12)19(25)21-10-16-11-24(20(26)28-16)14-4-3-5-15(9-14)27-2/h3-5,9,13,16H,6-8,10-11H2,1-2H3,(H,21,25)(H,22,23). The van der Waals surface area contributed by atoms with E-state index in [2.05, 4.69) is 15.3 Å². The van der Waals surface area contributed by atoms with Crippen molar-refractivity contribution in [2.75, 3.05) is 25.1 Å². The Morgan fingerprint density at radius 3 is 3.14 bits per heavy atom. The molecule has 2 atom stereocenters. The van der Waals surface area contributed by atoms with Gasteiger partial charge >= 0.3 is 6.09 Å². The molecule has 2 heterocycles. The van der Waals surface area contributed by atoms with Gasteiger partial charge in [0.15, 0.2) is 0 Å². The van der Waals surface area contributed by atoms with Gasteiger partial charge in [-0.15, -0.1) is 0 Å². The summed E-state index contributed by atoms with van der Waals surface area (Å²) in [6.07, 6.45) is 1.46. The van der Waals surface area contributed by atoms with Crippen molar-refractivity contribution in [2.24, 2.45) is 5.92 Å². The predicted octanol–water partition coefficient (Wildman–Crippen LogP) is 1.97. The molecule has 1 fully saturated rings. The van der Waals surface area contributed by atoms with Crippen LogP contribution in [0.4, 0.5) is 10.5 Å². The van der Waals surface area contributed by atoms with Gasteiger partial charge in [0.2, 0.25) is 5.91 Å². The third kappa shape index (κ3) is 3.67. The third-order valence-corrected chi connectivity index (χ3v) is 5.28. The lowest BCUT2D eigenvalue weighted by atomic mass is 9.89. The van der Waals surface area contributed by atoms with E-state index in [0.29, 0.717) is 30.9 Å². The Labute approximate surface area is 163 Å². The molecule has 0 radical (unpaired) electrons. The number of ether oxygens (including phenoxy) is 2. The zero-order valence-corrected chi connectivity index (χ0v) is 16.0. The first kappa shape index (κ1) is 18.3. The Hall–Kier alpha value is -3.03. The van der Waals surface area contributed by atoms with Crippen molar-refractivity contribution in [2.45, 2.75) is 32.3 Å². The van der Waals surface area contributed by atoms with E-state index in [4.69, 9.17) is 9.47 Å². The largest absolute Gasteiger partial charge is 0.497 e. The number of hydrogen-bond acceptors (Lipinski definition) is 5. The second kappa shape index (κ2) is 7.53. The number of aromatic nitrogens is 2. The molecular weight excluding hydrogens is 360 g/mol. The Kier molecular flexibility index (Phi) is 4.93. The van der Waals surface area contributed by atoms with Crippen LogP contribution >= 0.6 is 0 Å². The number of aryl methyl sites for hydroxylation is 2. The summed E-state index contributed by atoms with van der Waals surface area (Å²) in [6.45, 7) is 2.62. The highest BCUT2D eigenvalue weighted by atomic mass is 16.6. The summed E-state index contributed by atoms with van der Waals surface area (Å²) < 4.78 is 10.6. The van der Waals surface area contributed by atoms with Crippen molar-refractivity contribution in [3.63, 3.8) is 0 Å². The van der Waals surface area contributed by atoms with Crippen LogP contribution in [-0.2, 0) is 22.4 Å². The smallest absolute Gasteiger partial charge is 0.414 e. The van der Waals surface area contributed by atoms with Gasteiger partial charge < -0.3 is 19.8 Å². The van der Waals surface area contributed by atoms with Crippen molar-refractivity contribution in [3.05, 3.63) is 41.5 Å². The SMILES string of the molecule is COc1cccc(N2CC(CNC(=O)C3CCc4nc(C)[nH]c4C3)OC2=O)c1. The van der Waals surface area contributed by atoms with Crippen LogP contribution in [0, 0.1) is 12.8 Å². The van der Waals surface area contributed by atoms with Crippen LogP contribution < -0.4 is 15.0 Å². The first-order valence-corrected chi connectivity index (χ1v) is 9.47. The lowest BCUT2D eigenvalue weighted by Gasteiger charge is -2.21. The maximum absolute atomic E-state index is 12.6. The summed E-state index contributed by atoms with van der Waals surface area (Å²) in [5.74, 6) is 1.47. The minimum Gasteiger partial charge on any atom is -0.497 e. The van der Waals surface area contributed by atoms with E-state index in [9.17, 15) is 9.59 Å². The van der Waals surface area contributed by atoms with Crippen LogP contribution in [0.1, 0.15) is 23.6 Å². The number of methoxy groups -OCH3 is 1. The highest BCUT2D eigenvalue weighted by Gasteiger charge is 2.34. The van der Waals surface area contributed by atoms with Gasteiger partial charge in [-0.2, -0.15) is 0 Å². The van der Waals surface area contributed by atoms with E-state index >= 15 is 0 Å². The molecule has 2 unspecified atom stereocenters. The van der Waals surface area contributed by atoms with Gasteiger partial charge in [-0.3, -0.25) is 9.69 Å². The number of imidazole rings is 1. The highest BCUT2D eigenvalue weighted by Crippen LogP contribution is 2.26. The molecule has 2 aliphatic rings. The molecule has 8 nitrogen and oxygen atoms in total. The number of nitrogens with zero attached hydrogens (tertiary/aromatic N) is 2. The molecule has 1 aliphatic carbocycles. The number of rotatable bonds is 5. The van der Waals surface area contributed by atoms with Crippen molar-refractivity contribution < 1.29 is 19.1 Å². The first-order valence-electron chi connectivity index (χ1n) is 9.47. The fraction of sp³-hybridized carbons (Fsp3) is 0.450. The molecule has 0 saturated carbocycles. The average Bonchev–Trinajstić information content (AvgIpc) is 3.26. The normalized spacial score (nSPS) is 21.2. The van der Waals surface area contributed by atoms with Gasteiger partial charge in [-0.1, -0.05) is 6.07 Å². The maximum atomic E-state index is 12.6. The molecule has 2 amide bonds. The van der Waals surface area contributed by atoms with Crippen LogP contribution in [0.5, 0.6) is 5.75 Å². The molecule has 2 aromatic rings. The van der Waals surface area contributed by atoms with Crippen molar-refractivity contribution in [3.8, 4) is 5.75 Å². The van der Waals surface area contributed by atoms with Gasteiger partial charge in [0.1, 0.15) is 17.7 Å². The number of amides is 2. The topological polar surface area (TPSA) is 96.6 Å². The van der Waals surface area contributed by atoms with Gasteiger partial charge in [-0.05, 0) is 31.9 Å². The molecule has 2 N–H and O–H groups in total. The number of cyclic esters (lactones) is 1. The number of carbonyl (C=O) groups excluding carboxylic acids is 2. The van der Waals surface area contributed by atoms with Crippen LogP contribution in [0.15, 0.2) is 24.3 Å². The number of hydrogen-bond donors (Lipinski definition) is 2. The first-order chi connectivity index (χ1) is 13.5. The van der Waals surface area contributed by atoms with Crippen LogP contribution in [0.25, 0.3) is 0 Å². The van der Waals surface area contributed by atoms with Crippen LogP contribution in [-0.4, -0.2) is 48.3 Å². The third-order valence-electron chi connectivity index (χ3n) is 5.28. The Morgan fingerprint density at radius 2 is 2.32 bits per heavy atom. The zero-order valence-electron chi connectivity index (χ0n) is 16.0. The lowest BCUT2D eigenvalue weighted by Crippen LogP contribution is -2.39. The molecule has 148 valence electrons. The summed E-state index contributed by atoms with van der Waals surface area (Å²) in [7, 11) is 1.58.